The monoisotopic (exact) mass is 335 g/mol. The number of hydrogen-bond acceptors (Lipinski definition) is 8. The molecule has 0 aliphatic rings. The Labute approximate surface area is 146 Å². The van der Waals surface area contributed by atoms with Crippen molar-refractivity contribution in [3.63, 3.8) is 0 Å². The summed E-state index contributed by atoms with van der Waals surface area (Å²) in [5.74, 6) is -6.67. The zero-order valence-electron chi connectivity index (χ0n) is 10.4. The molecule has 10 heteroatoms. The van der Waals surface area contributed by atoms with E-state index in [4.69, 9.17) is 0 Å². The van der Waals surface area contributed by atoms with E-state index in [0.29, 0.717) is 0 Å². The van der Waals surface area contributed by atoms with Crippen molar-refractivity contribution in [1.82, 2.24) is 0 Å². The average Bonchev–Trinajstić information content (AvgIpc) is 2.12. The van der Waals surface area contributed by atoms with Gasteiger partial charge in [-0.3, -0.25) is 0 Å². The minimum absolute atomic E-state index is 0. The normalized spacial score (nSPS) is 8.60. The van der Waals surface area contributed by atoms with E-state index in [9.17, 15) is 39.6 Å². The van der Waals surface area contributed by atoms with Crippen molar-refractivity contribution in [3.05, 3.63) is 11.1 Å². The molecule has 0 unspecified atom stereocenters. The van der Waals surface area contributed by atoms with Crippen molar-refractivity contribution in [2.45, 2.75) is 25.7 Å². The molecule has 0 aromatic heterocycles. The zero-order chi connectivity index (χ0) is 14.3. The molecule has 0 aromatic carbocycles. The van der Waals surface area contributed by atoms with Crippen LogP contribution in [0, 0.1) is 0 Å². The third-order valence-corrected chi connectivity index (χ3v) is 1.93. The number of carboxylic acids is 4. The van der Waals surface area contributed by atoms with Gasteiger partial charge in [0.25, 0.3) is 0 Å². The molecule has 0 N–H and O–H groups in total. The van der Waals surface area contributed by atoms with Crippen LogP contribution in [0.15, 0.2) is 11.1 Å². The van der Waals surface area contributed by atoms with Crippen LogP contribution in [0.2, 0.25) is 0 Å². The molecular formula is C10H8FeNaO8-. The Hall–Kier alpha value is -0.861. The number of hydrogen-bond donors (Lipinski definition) is 0. The fourth-order valence-electron chi connectivity index (χ4n) is 1.32. The van der Waals surface area contributed by atoms with Gasteiger partial charge in [-0.25, -0.2) is 0 Å². The summed E-state index contributed by atoms with van der Waals surface area (Å²) in [6.07, 6.45) is -3.60. The number of carbonyl (C=O) groups excluding carboxylic acids is 4. The van der Waals surface area contributed by atoms with E-state index >= 15 is 0 Å². The molecule has 20 heavy (non-hydrogen) atoms. The van der Waals surface area contributed by atoms with Gasteiger partial charge in [0, 0.05) is 49.6 Å². The molecule has 0 amide bonds. The van der Waals surface area contributed by atoms with Crippen molar-refractivity contribution < 1.29 is 86.2 Å². The van der Waals surface area contributed by atoms with Gasteiger partial charge in [-0.2, -0.15) is 0 Å². The number of carboxylic acid groups (broad SMARTS) is 4. The molecule has 0 bridgehead atoms. The maximum absolute atomic E-state index is 10.4. The first-order valence-electron chi connectivity index (χ1n) is 4.71. The number of carbonyl (C=O) groups is 4. The van der Waals surface area contributed by atoms with E-state index in [2.05, 4.69) is 0 Å². The van der Waals surface area contributed by atoms with Gasteiger partial charge < -0.3 is 39.6 Å². The van der Waals surface area contributed by atoms with Gasteiger partial charge in [0.15, 0.2) is 0 Å². The summed E-state index contributed by atoms with van der Waals surface area (Å²) in [4.78, 5) is 41.5. The fourth-order valence-corrected chi connectivity index (χ4v) is 1.32. The second-order valence-electron chi connectivity index (χ2n) is 3.40. The molecule has 0 heterocycles. The van der Waals surface area contributed by atoms with Crippen LogP contribution in [0.25, 0.3) is 0 Å². The molecule has 0 spiro atoms. The van der Waals surface area contributed by atoms with E-state index in [1.165, 1.54) is 0 Å². The molecule has 0 saturated carbocycles. The second kappa shape index (κ2) is 11.9. The predicted molar refractivity (Wildman–Crippen MR) is 45.5 cm³/mol. The van der Waals surface area contributed by atoms with Crippen LogP contribution >= 0.6 is 0 Å². The summed E-state index contributed by atoms with van der Waals surface area (Å²) in [6.45, 7) is 0. The third-order valence-electron chi connectivity index (χ3n) is 1.93. The Kier molecular flexibility index (Phi) is 14.4. The first-order valence-corrected chi connectivity index (χ1v) is 4.71. The Morgan fingerprint density at radius 1 is 0.550 bits per heavy atom. The van der Waals surface area contributed by atoms with Crippen LogP contribution < -0.4 is 50.0 Å². The maximum Gasteiger partial charge on any atom is 2.00 e. The van der Waals surface area contributed by atoms with Crippen molar-refractivity contribution >= 4 is 23.9 Å². The SMILES string of the molecule is O=C([O-])CC(CC(=O)[O-])=C(CC(=O)[O-])CC(=O)[O-].[Fe+2].[Na+]. The average molecular weight is 335 g/mol. The van der Waals surface area contributed by atoms with Gasteiger partial charge in [0.05, 0.1) is 0 Å². The Morgan fingerprint density at radius 3 is 0.800 bits per heavy atom. The fraction of sp³-hybridized carbons (Fsp3) is 0.400. The van der Waals surface area contributed by atoms with Crippen molar-refractivity contribution in [3.8, 4) is 0 Å². The summed E-state index contributed by atoms with van der Waals surface area (Å²) in [5, 5.41) is 41.5. The predicted octanol–water partition coefficient (Wildman–Crippen LogP) is -8.16. The molecule has 0 aromatic rings. The molecule has 0 aliphatic heterocycles. The molecule has 0 radical (unpaired) electrons. The molecular weight excluding hydrogens is 327 g/mol. The maximum atomic E-state index is 10.4. The van der Waals surface area contributed by atoms with E-state index in [1.807, 2.05) is 0 Å². The minimum Gasteiger partial charge on any atom is -0.550 e. The van der Waals surface area contributed by atoms with Gasteiger partial charge in [0.1, 0.15) is 0 Å². The first kappa shape index (κ1) is 24.2. The van der Waals surface area contributed by atoms with E-state index in [0.717, 1.165) is 0 Å². The molecule has 8 nitrogen and oxygen atoms in total. The van der Waals surface area contributed by atoms with Crippen LogP contribution in [0.1, 0.15) is 25.7 Å². The van der Waals surface area contributed by atoms with Crippen molar-refractivity contribution in [2.75, 3.05) is 0 Å². The van der Waals surface area contributed by atoms with Crippen molar-refractivity contribution in [2.24, 2.45) is 0 Å². The van der Waals surface area contributed by atoms with E-state index in [1.54, 1.807) is 0 Å². The van der Waals surface area contributed by atoms with Crippen LogP contribution in [0.5, 0.6) is 0 Å². The smallest absolute Gasteiger partial charge is 0.550 e. The topological polar surface area (TPSA) is 161 Å². The van der Waals surface area contributed by atoms with Gasteiger partial charge in [-0.15, -0.1) is 0 Å². The molecule has 0 rings (SSSR count). The van der Waals surface area contributed by atoms with Crippen LogP contribution in [0.4, 0.5) is 0 Å². The Balaban J connectivity index is -0.00000144. The summed E-state index contributed by atoms with van der Waals surface area (Å²) >= 11 is 0. The van der Waals surface area contributed by atoms with Crippen molar-refractivity contribution in [1.29, 1.82) is 0 Å². The van der Waals surface area contributed by atoms with Crippen LogP contribution in [0.3, 0.4) is 0 Å². The number of aliphatic carboxylic acids is 4. The molecule has 0 atom stereocenters. The van der Waals surface area contributed by atoms with Gasteiger partial charge in [-0.1, -0.05) is 11.1 Å². The van der Waals surface area contributed by atoms with Gasteiger partial charge in [0.2, 0.25) is 0 Å². The van der Waals surface area contributed by atoms with Crippen LogP contribution in [-0.4, -0.2) is 23.9 Å². The Morgan fingerprint density at radius 2 is 0.700 bits per heavy atom. The van der Waals surface area contributed by atoms with Crippen LogP contribution in [-0.2, 0) is 36.2 Å². The first-order chi connectivity index (χ1) is 8.22. The van der Waals surface area contributed by atoms with Gasteiger partial charge in [-0.05, 0) is 0 Å². The zero-order valence-corrected chi connectivity index (χ0v) is 13.6. The standard InChI is InChI=1S/C10H12O8.Fe.Na/c11-7(12)1-5(2-8(13)14)6(3-9(15)16)4-10(17)18;;/h1-4H2,(H,11,12)(H,13,14)(H,15,16)(H,17,18);;/q;+2;+1/p-4. The summed E-state index contributed by atoms with van der Waals surface area (Å²) in [7, 11) is 0. The minimum atomic E-state index is -1.67. The summed E-state index contributed by atoms with van der Waals surface area (Å²) < 4.78 is 0. The summed E-state index contributed by atoms with van der Waals surface area (Å²) in [5.41, 5.74) is -0.799. The second-order valence-corrected chi connectivity index (χ2v) is 3.40. The van der Waals surface area contributed by atoms with E-state index in [-0.39, 0.29) is 46.6 Å². The quantitative estimate of drug-likeness (QED) is 0.312. The number of rotatable bonds is 8. The molecule has 0 aliphatic carbocycles. The third kappa shape index (κ3) is 12.2. The molecule has 0 saturated heterocycles. The summed E-state index contributed by atoms with van der Waals surface area (Å²) in [6, 6.07) is 0. The largest absolute Gasteiger partial charge is 2.00 e. The van der Waals surface area contributed by atoms with Gasteiger partial charge >= 0.3 is 46.6 Å². The molecule has 106 valence electrons. The molecule has 0 fully saturated rings. The Bertz CT molecular complexity index is 343. The van der Waals surface area contributed by atoms with E-state index < -0.39 is 60.7 Å².